The van der Waals surface area contributed by atoms with Crippen LogP contribution in [0.2, 0.25) is 5.02 Å². The van der Waals surface area contributed by atoms with Crippen molar-refractivity contribution >= 4 is 23.4 Å². The zero-order valence-electron chi connectivity index (χ0n) is 13.1. The third-order valence-electron chi connectivity index (χ3n) is 4.19. The maximum absolute atomic E-state index is 12.4. The van der Waals surface area contributed by atoms with Gasteiger partial charge in [-0.15, -0.1) is 0 Å². The van der Waals surface area contributed by atoms with E-state index in [0.29, 0.717) is 10.6 Å². The largest absolute Gasteiger partial charge is 0.349 e. The molecular weight excluding hydrogens is 314 g/mol. The number of benzene rings is 1. The number of nitrogens with one attached hydrogen (secondary N) is 2. The molecule has 1 aliphatic rings. The molecule has 0 saturated heterocycles. The van der Waals surface area contributed by atoms with Crippen LogP contribution in [-0.2, 0) is 4.79 Å². The van der Waals surface area contributed by atoms with Crippen molar-refractivity contribution in [3.05, 3.63) is 34.3 Å². The third kappa shape index (κ3) is 4.46. The van der Waals surface area contributed by atoms with Crippen LogP contribution < -0.4 is 10.6 Å². The molecule has 0 spiro atoms. The first kappa shape index (κ1) is 17.3. The average Bonchev–Trinajstić information content (AvgIpc) is 2.55. The fraction of sp³-hybridized carbons (Fsp3) is 0.471. The molecule has 2 unspecified atom stereocenters. The summed E-state index contributed by atoms with van der Waals surface area (Å²) < 4.78 is 0. The number of aryl methyl sites for hydroxylation is 1. The standard InChI is InChI=1S/C17H20ClN3O2/c1-11-6-7-12(10-14(11)18)16(22)21-15-5-3-2-4-13(15)17(23)20-9-8-19/h6-7,10,13,15H,2-5,9H2,1H3,(H,20,23)(H,21,22). The highest BCUT2D eigenvalue weighted by Gasteiger charge is 2.32. The number of halogens is 1. The van der Waals surface area contributed by atoms with Crippen molar-refractivity contribution in [2.45, 2.75) is 38.6 Å². The van der Waals surface area contributed by atoms with Crippen LogP contribution in [0.25, 0.3) is 0 Å². The lowest BCUT2D eigenvalue weighted by Gasteiger charge is -2.31. The normalized spacial score (nSPS) is 20.4. The first-order valence-corrected chi connectivity index (χ1v) is 8.12. The van der Waals surface area contributed by atoms with Gasteiger partial charge in [-0.1, -0.05) is 30.5 Å². The Morgan fingerprint density at radius 3 is 2.78 bits per heavy atom. The lowest BCUT2D eigenvalue weighted by molar-refractivity contribution is -0.126. The Morgan fingerprint density at radius 1 is 1.35 bits per heavy atom. The van der Waals surface area contributed by atoms with Crippen molar-refractivity contribution in [1.82, 2.24) is 10.6 Å². The number of carbonyl (C=O) groups excluding carboxylic acids is 2. The number of carbonyl (C=O) groups is 2. The Bertz CT molecular complexity index is 639. The molecule has 0 radical (unpaired) electrons. The van der Waals surface area contributed by atoms with Crippen LogP contribution in [-0.4, -0.2) is 24.4 Å². The lowest BCUT2D eigenvalue weighted by Crippen LogP contribution is -2.48. The Hall–Kier alpha value is -2.06. The molecule has 23 heavy (non-hydrogen) atoms. The molecular formula is C17H20ClN3O2. The molecule has 0 aliphatic heterocycles. The van der Waals surface area contributed by atoms with Gasteiger partial charge in [0, 0.05) is 16.6 Å². The minimum atomic E-state index is -0.290. The molecule has 2 atom stereocenters. The van der Waals surface area contributed by atoms with E-state index in [4.69, 9.17) is 16.9 Å². The molecule has 2 amide bonds. The molecule has 0 heterocycles. The molecule has 1 aromatic rings. The van der Waals surface area contributed by atoms with Crippen molar-refractivity contribution in [3.8, 4) is 6.07 Å². The number of hydrogen-bond donors (Lipinski definition) is 2. The Morgan fingerprint density at radius 2 is 2.09 bits per heavy atom. The van der Waals surface area contributed by atoms with E-state index in [1.54, 1.807) is 18.2 Å². The Balaban J connectivity index is 2.06. The predicted octanol–water partition coefficient (Wildman–Crippen LogP) is 2.58. The van der Waals surface area contributed by atoms with Crippen LogP contribution >= 0.6 is 11.6 Å². The Kier molecular flexibility index (Phi) is 6.00. The second-order valence-corrected chi connectivity index (χ2v) is 6.22. The van der Waals surface area contributed by atoms with Crippen LogP contribution in [0.4, 0.5) is 0 Å². The second kappa shape index (κ2) is 7.98. The van der Waals surface area contributed by atoms with Crippen molar-refractivity contribution in [3.63, 3.8) is 0 Å². The first-order valence-electron chi connectivity index (χ1n) is 7.74. The van der Waals surface area contributed by atoms with Gasteiger partial charge in [-0.05, 0) is 37.5 Å². The molecule has 6 heteroatoms. The molecule has 2 N–H and O–H groups in total. The van der Waals surface area contributed by atoms with Crippen LogP contribution in [0.1, 0.15) is 41.6 Å². The molecule has 1 fully saturated rings. The van der Waals surface area contributed by atoms with Crippen molar-refractivity contribution in [1.29, 1.82) is 5.26 Å². The van der Waals surface area contributed by atoms with E-state index in [0.717, 1.165) is 31.2 Å². The highest BCUT2D eigenvalue weighted by molar-refractivity contribution is 6.31. The SMILES string of the molecule is Cc1ccc(C(=O)NC2CCCCC2C(=O)NCC#N)cc1Cl. The number of hydrogen-bond acceptors (Lipinski definition) is 3. The number of rotatable bonds is 4. The minimum Gasteiger partial charge on any atom is -0.349 e. The third-order valence-corrected chi connectivity index (χ3v) is 4.60. The lowest BCUT2D eigenvalue weighted by atomic mass is 9.83. The highest BCUT2D eigenvalue weighted by Crippen LogP contribution is 2.25. The monoisotopic (exact) mass is 333 g/mol. The van der Waals surface area contributed by atoms with Gasteiger partial charge in [-0.2, -0.15) is 5.26 Å². The number of nitrogens with zero attached hydrogens (tertiary/aromatic N) is 1. The molecule has 0 bridgehead atoms. The fourth-order valence-electron chi connectivity index (χ4n) is 2.86. The van der Waals surface area contributed by atoms with Gasteiger partial charge in [0.25, 0.3) is 5.91 Å². The first-order chi connectivity index (χ1) is 11.0. The molecule has 1 aromatic carbocycles. The van der Waals surface area contributed by atoms with E-state index in [-0.39, 0.29) is 30.3 Å². The van der Waals surface area contributed by atoms with E-state index in [2.05, 4.69) is 10.6 Å². The van der Waals surface area contributed by atoms with Crippen LogP contribution in [0.15, 0.2) is 18.2 Å². The van der Waals surface area contributed by atoms with Crippen LogP contribution in [0.3, 0.4) is 0 Å². The summed E-state index contributed by atoms with van der Waals surface area (Å²) in [6.45, 7) is 1.87. The molecule has 1 saturated carbocycles. The summed E-state index contributed by atoms with van der Waals surface area (Å²) in [4.78, 5) is 24.6. The van der Waals surface area contributed by atoms with Crippen molar-refractivity contribution in [2.75, 3.05) is 6.54 Å². The van der Waals surface area contributed by atoms with Gasteiger partial charge in [0.1, 0.15) is 6.54 Å². The molecule has 2 rings (SSSR count). The zero-order valence-corrected chi connectivity index (χ0v) is 13.8. The van der Waals surface area contributed by atoms with E-state index >= 15 is 0 Å². The topological polar surface area (TPSA) is 82.0 Å². The van der Waals surface area contributed by atoms with Crippen molar-refractivity contribution < 1.29 is 9.59 Å². The van der Waals surface area contributed by atoms with Gasteiger partial charge in [-0.3, -0.25) is 9.59 Å². The summed E-state index contributed by atoms with van der Waals surface area (Å²) in [5.74, 6) is -0.683. The molecule has 122 valence electrons. The van der Waals surface area contributed by atoms with E-state index in [1.165, 1.54) is 0 Å². The summed E-state index contributed by atoms with van der Waals surface area (Å²) in [7, 11) is 0. The van der Waals surface area contributed by atoms with Crippen LogP contribution in [0, 0.1) is 24.2 Å². The van der Waals surface area contributed by atoms with Gasteiger partial charge >= 0.3 is 0 Å². The van der Waals surface area contributed by atoms with E-state index < -0.39 is 0 Å². The van der Waals surface area contributed by atoms with Gasteiger partial charge in [-0.25, -0.2) is 0 Å². The molecule has 0 aromatic heterocycles. The van der Waals surface area contributed by atoms with Gasteiger partial charge in [0.15, 0.2) is 0 Å². The molecule has 5 nitrogen and oxygen atoms in total. The van der Waals surface area contributed by atoms with Crippen LogP contribution in [0.5, 0.6) is 0 Å². The summed E-state index contributed by atoms with van der Waals surface area (Å²) in [5.41, 5.74) is 1.40. The summed E-state index contributed by atoms with van der Waals surface area (Å²) >= 11 is 6.06. The maximum atomic E-state index is 12.4. The smallest absolute Gasteiger partial charge is 0.251 e. The zero-order chi connectivity index (χ0) is 16.8. The van der Waals surface area contributed by atoms with Crippen molar-refractivity contribution in [2.24, 2.45) is 5.92 Å². The van der Waals surface area contributed by atoms with Gasteiger partial charge < -0.3 is 10.6 Å². The highest BCUT2D eigenvalue weighted by atomic mass is 35.5. The second-order valence-electron chi connectivity index (χ2n) is 5.81. The molecule has 1 aliphatic carbocycles. The van der Waals surface area contributed by atoms with Gasteiger partial charge in [0.2, 0.25) is 5.91 Å². The summed E-state index contributed by atoms with van der Waals surface area (Å²) in [6, 6.07) is 6.85. The van der Waals surface area contributed by atoms with E-state index in [9.17, 15) is 9.59 Å². The van der Waals surface area contributed by atoms with Gasteiger partial charge in [0.05, 0.1) is 12.0 Å². The Labute approximate surface area is 141 Å². The quantitative estimate of drug-likeness (QED) is 0.831. The fourth-order valence-corrected chi connectivity index (χ4v) is 3.04. The number of amides is 2. The predicted molar refractivity (Wildman–Crippen MR) is 88.0 cm³/mol. The summed E-state index contributed by atoms with van der Waals surface area (Å²) in [5, 5.41) is 14.7. The van der Waals surface area contributed by atoms with E-state index in [1.807, 2.05) is 13.0 Å². The summed E-state index contributed by atoms with van der Waals surface area (Å²) in [6.07, 6.45) is 3.40. The minimum absolute atomic E-state index is 0.0103. The number of nitriles is 1. The maximum Gasteiger partial charge on any atom is 0.251 e. The average molecular weight is 334 g/mol.